The number of hydrogen-bond donors (Lipinski definition) is 1. The fourth-order valence-corrected chi connectivity index (χ4v) is 6.01. The molecule has 0 aliphatic rings. The average molecular weight is 592 g/mol. The molecule has 0 saturated carbocycles. The van der Waals surface area contributed by atoms with Crippen molar-refractivity contribution in [3.05, 3.63) is 210 Å². The summed E-state index contributed by atoms with van der Waals surface area (Å²) in [4.78, 5) is 14.6. The summed E-state index contributed by atoms with van der Waals surface area (Å²) < 4.78 is 0. The summed E-state index contributed by atoms with van der Waals surface area (Å²) in [6.45, 7) is 0. The van der Waals surface area contributed by atoms with E-state index >= 15 is 0 Å². The van der Waals surface area contributed by atoms with Gasteiger partial charge < -0.3 is 5.32 Å². The lowest BCUT2D eigenvalue weighted by molar-refractivity contribution is -0.109. The summed E-state index contributed by atoms with van der Waals surface area (Å²) in [6.07, 6.45) is 3.59. The van der Waals surface area contributed by atoms with Crippen LogP contribution in [0.15, 0.2) is 182 Å². The van der Waals surface area contributed by atoms with Gasteiger partial charge in [-0.2, -0.15) is 0 Å². The minimum absolute atomic E-state index is 0.0744. The zero-order valence-corrected chi connectivity index (χ0v) is 25.4. The topological polar surface area (TPSA) is 29.1 Å². The lowest BCUT2D eigenvalue weighted by Gasteiger charge is -2.26. The van der Waals surface area contributed by atoms with E-state index in [1.165, 1.54) is 0 Å². The molecule has 7 rings (SSSR count). The van der Waals surface area contributed by atoms with Gasteiger partial charge in [-0.15, -0.1) is 0 Å². The van der Waals surface area contributed by atoms with Crippen molar-refractivity contribution in [3.63, 3.8) is 0 Å². The normalized spacial score (nSPS) is 12.0. The summed E-state index contributed by atoms with van der Waals surface area (Å²) >= 11 is 0. The maximum atomic E-state index is 14.6. The highest BCUT2D eigenvalue weighted by Gasteiger charge is 2.23. The van der Waals surface area contributed by atoms with Gasteiger partial charge in [0, 0.05) is 0 Å². The number of hydrogen-bond acceptors (Lipinski definition) is 2. The molecule has 0 aliphatic heterocycles. The molecule has 0 aromatic heterocycles. The van der Waals surface area contributed by atoms with Crippen LogP contribution in [0.3, 0.4) is 0 Å². The lowest BCUT2D eigenvalue weighted by Crippen LogP contribution is -2.23. The highest BCUT2D eigenvalue weighted by molar-refractivity contribution is 6.33. The van der Waals surface area contributed by atoms with E-state index in [0.717, 1.165) is 55.1 Å². The summed E-state index contributed by atoms with van der Waals surface area (Å²) in [5, 5.41) is 8.39. The predicted octanol–water partition coefficient (Wildman–Crippen LogP) is 10.5. The number of carbonyl (C=O) groups excluding carboxylic acids is 1. The number of allylic oxidation sites excluding steroid dienone is 2. The first kappa shape index (κ1) is 28.8. The summed E-state index contributed by atoms with van der Waals surface area (Å²) in [5.41, 5.74) is 6.39. The van der Waals surface area contributed by atoms with E-state index in [1.807, 2.05) is 60.7 Å². The van der Waals surface area contributed by atoms with Crippen LogP contribution in [0.5, 0.6) is 0 Å². The Morgan fingerprint density at radius 2 is 0.935 bits per heavy atom. The first-order chi connectivity index (χ1) is 22.7. The van der Waals surface area contributed by atoms with Crippen LogP contribution in [0.2, 0.25) is 0 Å². The molecule has 0 fully saturated rings. The van der Waals surface area contributed by atoms with Gasteiger partial charge in [-0.05, 0) is 67.6 Å². The largest absolute Gasteiger partial charge is 0.373 e. The molecule has 1 N–H and O–H groups in total. The van der Waals surface area contributed by atoms with E-state index in [-0.39, 0.29) is 11.8 Å². The van der Waals surface area contributed by atoms with E-state index in [2.05, 4.69) is 127 Å². The Bertz CT molecular complexity index is 2140. The Balaban J connectivity index is 1.49. The second-order valence-electron chi connectivity index (χ2n) is 11.4. The van der Waals surface area contributed by atoms with Crippen LogP contribution in [0, 0.1) is 0 Å². The van der Waals surface area contributed by atoms with Crippen LogP contribution in [0.4, 0.5) is 0 Å². The van der Waals surface area contributed by atoms with Crippen LogP contribution in [0.1, 0.15) is 33.9 Å². The van der Waals surface area contributed by atoms with Crippen molar-refractivity contribution in [1.29, 1.82) is 0 Å². The summed E-state index contributed by atoms with van der Waals surface area (Å²) in [5.74, 6) is -0.0744. The first-order valence-electron chi connectivity index (χ1n) is 15.6. The molecule has 2 nitrogen and oxygen atoms in total. The predicted molar refractivity (Wildman–Crippen MR) is 193 cm³/mol. The molecule has 0 atom stereocenters. The Morgan fingerprint density at radius 1 is 0.478 bits per heavy atom. The summed E-state index contributed by atoms with van der Waals surface area (Å²) in [6, 6.07) is 59.9. The maximum absolute atomic E-state index is 14.6. The van der Waals surface area contributed by atoms with Gasteiger partial charge in [-0.1, -0.05) is 170 Å². The summed E-state index contributed by atoms with van der Waals surface area (Å²) in [7, 11) is 0. The molecule has 0 spiro atoms. The van der Waals surface area contributed by atoms with E-state index in [0.29, 0.717) is 5.57 Å². The fraction of sp³-hybridized carbons (Fsp3) is 0.0227. The van der Waals surface area contributed by atoms with Gasteiger partial charge >= 0.3 is 0 Å². The van der Waals surface area contributed by atoms with Crippen LogP contribution >= 0.6 is 0 Å². The highest BCUT2D eigenvalue weighted by atomic mass is 16.1. The van der Waals surface area contributed by atoms with Gasteiger partial charge in [0.1, 0.15) is 0 Å². The average Bonchev–Trinajstić information content (AvgIpc) is 3.13. The monoisotopic (exact) mass is 591 g/mol. The molecular weight excluding hydrogens is 558 g/mol. The maximum Gasteiger partial charge on any atom is 0.188 e. The molecule has 0 aliphatic carbocycles. The van der Waals surface area contributed by atoms with Crippen LogP contribution in [-0.4, -0.2) is 5.78 Å². The smallest absolute Gasteiger partial charge is 0.188 e. The molecule has 220 valence electrons. The van der Waals surface area contributed by atoms with Crippen molar-refractivity contribution in [3.8, 4) is 0 Å². The van der Waals surface area contributed by atoms with E-state index in [9.17, 15) is 4.79 Å². The van der Waals surface area contributed by atoms with Crippen molar-refractivity contribution in [2.45, 2.75) is 6.04 Å². The van der Waals surface area contributed by atoms with E-state index in [4.69, 9.17) is 0 Å². The minimum atomic E-state index is -0.203. The Labute approximate surface area is 270 Å². The number of rotatable bonds is 9. The molecule has 2 heteroatoms. The second-order valence-corrected chi connectivity index (χ2v) is 11.4. The number of fused-ring (bicyclic) bond motifs is 2. The highest BCUT2D eigenvalue weighted by Crippen LogP contribution is 2.34. The van der Waals surface area contributed by atoms with Crippen LogP contribution in [-0.2, 0) is 4.79 Å². The third kappa shape index (κ3) is 6.29. The minimum Gasteiger partial charge on any atom is -0.373 e. The Hall–Kier alpha value is -5.99. The van der Waals surface area contributed by atoms with Gasteiger partial charge in [0.2, 0.25) is 0 Å². The van der Waals surface area contributed by atoms with Crippen molar-refractivity contribution in [2.24, 2.45) is 0 Å². The molecule has 7 aromatic rings. The third-order valence-corrected chi connectivity index (χ3v) is 8.35. The molecule has 0 unspecified atom stereocenters. The number of carbonyl (C=O) groups is 1. The molecule has 46 heavy (non-hydrogen) atoms. The standard InChI is InChI=1S/C44H33NO/c46-41(29-24-32-14-4-1-5-15-32)42(39-27-25-33-16-10-12-22-37(33)30-39)44(40-28-26-34-17-11-13-23-38(34)31-40)45-43(35-18-6-2-7-19-35)36-20-8-3-9-21-36/h1-31,43,45H/b29-24+,44-42-. The molecule has 0 saturated heterocycles. The van der Waals surface area contributed by atoms with Crippen molar-refractivity contribution in [2.75, 3.05) is 0 Å². The quantitative estimate of drug-likeness (QED) is 0.134. The van der Waals surface area contributed by atoms with Gasteiger partial charge in [0.15, 0.2) is 5.78 Å². The number of benzene rings is 7. The second kappa shape index (κ2) is 13.3. The molecular formula is C44H33NO. The molecule has 0 bridgehead atoms. The zero-order valence-electron chi connectivity index (χ0n) is 25.4. The Kier molecular flexibility index (Phi) is 8.34. The number of nitrogens with one attached hydrogen (secondary N) is 1. The van der Waals surface area contributed by atoms with Crippen LogP contribution < -0.4 is 5.32 Å². The van der Waals surface area contributed by atoms with Crippen molar-refractivity contribution < 1.29 is 4.79 Å². The van der Waals surface area contributed by atoms with Gasteiger partial charge in [0.05, 0.1) is 17.3 Å². The SMILES string of the molecule is O=C(/C=C/c1ccccc1)/C(=C(\NC(c1ccccc1)c1ccccc1)c1ccc2ccccc2c1)c1ccc2ccccc2c1. The van der Waals surface area contributed by atoms with E-state index < -0.39 is 0 Å². The molecule has 7 aromatic carbocycles. The van der Waals surface area contributed by atoms with Crippen molar-refractivity contribution in [1.82, 2.24) is 5.32 Å². The Morgan fingerprint density at radius 3 is 1.50 bits per heavy atom. The van der Waals surface area contributed by atoms with Gasteiger partial charge in [-0.25, -0.2) is 0 Å². The fourth-order valence-electron chi connectivity index (χ4n) is 6.01. The molecule has 0 heterocycles. The molecule has 0 amide bonds. The van der Waals surface area contributed by atoms with Gasteiger partial charge in [-0.3, -0.25) is 4.79 Å². The first-order valence-corrected chi connectivity index (χ1v) is 15.6. The van der Waals surface area contributed by atoms with E-state index in [1.54, 1.807) is 6.08 Å². The van der Waals surface area contributed by atoms with Gasteiger partial charge in [0.25, 0.3) is 0 Å². The zero-order chi connectivity index (χ0) is 31.1. The third-order valence-electron chi connectivity index (χ3n) is 8.35. The molecule has 0 radical (unpaired) electrons. The van der Waals surface area contributed by atoms with Crippen LogP contribution in [0.25, 0.3) is 38.9 Å². The number of ketones is 1. The van der Waals surface area contributed by atoms with Crippen molar-refractivity contribution >= 4 is 44.7 Å². The lowest BCUT2D eigenvalue weighted by atomic mass is 9.91.